The molecular formula is C11H19ClN2O2S2. The number of alkyl halides is 1. The Bertz CT molecular complexity index is 477. The Kier molecular flexibility index (Phi) is 5.43. The summed E-state index contributed by atoms with van der Waals surface area (Å²) in [6.45, 7) is 6.13. The number of hydrogen-bond donors (Lipinski definition) is 1. The average molecular weight is 311 g/mol. The molecular weight excluding hydrogens is 292 g/mol. The summed E-state index contributed by atoms with van der Waals surface area (Å²) in [5.74, 6) is 0.574. The largest absolute Gasteiger partial charge is 0.259 e. The predicted molar refractivity (Wildman–Crippen MR) is 78.2 cm³/mol. The van der Waals surface area contributed by atoms with Crippen LogP contribution in [0.3, 0.4) is 0 Å². The number of nitrogens with one attached hydrogen (secondary N) is 1. The van der Waals surface area contributed by atoms with Crippen molar-refractivity contribution in [1.82, 2.24) is 4.98 Å². The second kappa shape index (κ2) is 6.21. The Morgan fingerprint density at radius 2 is 2.06 bits per heavy atom. The molecule has 0 aliphatic rings. The van der Waals surface area contributed by atoms with Crippen molar-refractivity contribution >= 4 is 38.1 Å². The number of aromatic nitrogens is 1. The number of thiazole rings is 1. The summed E-state index contributed by atoms with van der Waals surface area (Å²) in [4.78, 5) is 4.30. The maximum atomic E-state index is 11.7. The molecule has 1 aromatic rings. The molecule has 1 N–H and O–H groups in total. The van der Waals surface area contributed by atoms with Crippen LogP contribution in [0, 0.1) is 0 Å². The van der Waals surface area contributed by atoms with Crippen LogP contribution in [0.2, 0.25) is 0 Å². The van der Waals surface area contributed by atoms with E-state index in [0.717, 1.165) is 5.69 Å². The normalized spacial score (nSPS) is 12.7. The Labute approximate surface area is 118 Å². The topological polar surface area (TPSA) is 59.1 Å². The van der Waals surface area contributed by atoms with Gasteiger partial charge in [0.25, 0.3) is 0 Å². The van der Waals surface area contributed by atoms with Crippen LogP contribution in [-0.2, 0) is 15.4 Å². The van der Waals surface area contributed by atoms with Gasteiger partial charge in [0.1, 0.15) is 0 Å². The number of anilines is 1. The van der Waals surface area contributed by atoms with E-state index in [1.165, 1.54) is 11.3 Å². The van der Waals surface area contributed by atoms with Crippen LogP contribution >= 0.6 is 22.9 Å². The van der Waals surface area contributed by atoms with Gasteiger partial charge >= 0.3 is 0 Å². The second-order valence-electron chi connectivity index (χ2n) is 5.10. The lowest BCUT2D eigenvalue weighted by molar-refractivity contribution is 0.573. The third-order valence-corrected chi connectivity index (χ3v) is 4.80. The molecule has 0 aliphatic heterocycles. The number of nitrogens with zero attached hydrogens (tertiary/aromatic N) is 1. The van der Waals surface area contributed by atoms with E-state index in [-0.39, 0.29) is 11.2 Å². The summed E-state index contributed by atoms with van der Waals surface area (Å²) >= 11 is 6.83. The first-order valence-corrected chi connectivity index (χ1v) is 8.84. The summed E-state index contributed by atoms with van der Waals surface area (Å²) in [7, 11) is -3.30. The zero-order valence-corrected chi connectivity index (χ0v) is 13.3. The van der Waals surface area contributed by atoms with Gasteiger partial charge < -0.3 is 0 Å². The van der Waals surface area contributed by atoms with Crippen molar-refractivity contribution in [3.8, 4) is 0 Å². The number of sulfonamides is 1. The maximum absolute atomic E-state index is 11.7. The maximum Gasteiger partial charge on any atom is 0.234 e. The number of hydrogen-bond acceptors (Lipinski definition) is 4. The highest BCUT2D eigenvalue weighted by Crippen LogP contribution is 2.26. The first-order chi connectivity index (χ1) is 8.24. The van der Waals surface area contributed by atoms with Crippen LogP contribution in [0.5, 0.6) is 0 Å². The molecule has 0 amide bonds. The molecule has 0 unspecified atom stereocenters. The van der Waals surface area contributed by atoms with Crippen molar-refractivity contribution in [3.63, 3.8) is 0 Å². The lowest BCUT2D eigenvalue weighted by Gasteiger charge is -2.14. The van der Waals surface area contributed by atoms with Gasteiger partial charge in [0.2, 0.25) is 10.0 Å². The van der Waals surface area contributed by atoms with Gasteiger partial charge in [0, 0.05) is 16.7 Å². The molecule has 0 aliphatic carbocycles. The Morgan fingerprint density at radius 3 is 2.56 bits per heavy atom. The summed E-state index contributed by atoms with van der Waals surface area (Å²) in [5.41, 5.74) is 0.824. The molecule has 0 saturated heterocycles. The van der Waals surface area contributed by atoms with Crippen molar-refractivity contribution in [1.29, 1.82) is 0 Å². The number of unbranched alkanes of at least 4 members (excludes halogenated alkanes) is 1. The zero-order chi connectivity index (χ0) is 13.8. The van der Waals surface area contributed by atoms with Crippen molar-refractivity contribution in [2.45, 2.75) is 39.0 Å². The molecule has 0 fully saturated rings. The molecule has 0 bridgehead atoms. The van der Waals surface area contributed by atoms with Gasteiger partial charge in [-0.2, -0.15) is 0 Å². The van der Waals surface area contributed by atoms with Gasteiger partial charge in [-0.15, -0.1) is 22.9 Å². The molecule has 4 nitrogen and oxygen atoms in total. The molecule has 0 atom stereocenters. The van der Waals surface area contributed by atoms with Crippen LogP contribution in [0.15, 0.2) is 5.38 Å². The first kappa shape index (κ1) is 15.7. The minimum atomic E-state index is -3.30. The van der Waals surface area contributed by atoms with Crippen LogP contribution in [0.25, 0.3) is 0 Å². The standard InChI is InChI=1S/C11H19ClN2O2S2/c1-11(2,3)9-8-17-10(13-9)14-18(15,16)7-5-4-6-12/h8H,4-7H2,1-3H3,(H,13,14). The molecule has 0 spiro atoms. The van der Waals surface area contributed by atoms with E-state index in [9.17, 15) is 8.42 Å². The predicted octanol–water partition coefficient (Wildman–Crippen LogP) is 3.20. The first-order valence-electron chi connectivity index (χ1n) is 5.77. The molecule has 104 valence electrons. The van der Waals surface area contributed by atoms with Crippen molar-refractivity contribution < 1.29 is 8.42 Å². The van der Waals surface area contributed by atoms with E-state index < -0.39 is 10.0 Å². The minimum Gasteiger partial charge on any atom is -0.259 e. The molecule has 7 heteroatoms. The quantitative estimate of drug-likeness (QED) is 0.648. The highest BCUT2D eigenvalue weighted by molar-refractivity contribution is 7.92. The minimum absolute atomic E-state index is 0.0706. The van der Waals surface area contributed by atoms with Crippen molar-refractivity contribution in [2.75, 3.05) is 16.4 Å². The van der Waals surface area contributed by atoms with Crippen LogP contribution in [-0.4, -0.2) is 25.0 Å². The smallest absolute Gasteiger partial charge is 0.234 e. The van der Waals surface area contributed by atoms with Gasteiger partial charge in [0.15, 0.2) is 5.13 Å². The Morgan fingerprint density at radius 1 is 1.39 bits per heavy atom. The zero-order valence-electron chi connectivity index (χ0n) is 10.9. The number of rotatable bonds is 6. The number of halogens is 1. The third kappa shape index (κ3) is 5.12. The van der Waals surface area contributed by atoms with Crippen molar-refractivity contribution in [2.24, 2.45) is 0 Å². The van der Waals surface area contributed by atoms with E-state index in [1.807, 2.05) is 26.2 Å². The van der Waals surface area contributed by atoms with E-state index >= 15 is 0 Å². The lowest BCUT2D eigenvalue weighted by atomic mass is 9.93. The van der Waals surface area contributed by atoms with Gasteiger partial charge in [-0.25, -0.2) is 13.4 Å². The van der Waals surface area contributed by atoms with Gasteiger partial charge in [0.05, 0.1) is 11.4 Å². The summed E-state index contributed by atoms with van der Waals surface area (Å²) in [5, 5.41) is 2.32. The highest BCUT2D eigenvalue weighted by atomic mass is 35.5. The summed E-state index contributed by atoms with van der Waals surface area (Å²) < 4.78 is 26.0. The van der Waals surface area contributed by atoms with E-state index in [0.29, 0.717) is 23.9 Å². The molecule has 0 saturated carbocycles. The van der Waals surface area contributed by atoms with Crippen molar-refractivity contribution in [3.05, 3.63) is 11.1 Å². The fraction of sp³-hybridized carbons (Fsp3) is 0.727. The molecule has 0 aromatic carbocycles. The Balaban J connectivity index is 2.64. The third-order valence-electron chi connectivity index (χ3n) is 2.31. The van der Waals surface area contributed by atoms with Gasteiger partial charge in [-0.1, -0.05) is 20.8 Å². The molecule has 1 heterocycles. The highest BCUT2D eigenvalue weighted by Gasteiger charge is 2.19. The van der Waals surface area contributed by atoms with E-state index in [4.69, 9.17) is 11.6 Å². The van der Waals surface area contributed by atoms with Crippen LogP contribution in [0.4, 0.5) is 5.13 Å². The molecule has 1 rings (SSSR count). The molecule has 1 aromatic heterocycles. The van der Waals surface area contributed by atoms with Crippen LogP contribution < -0.4 is 4.72 Å². The fourth-order valence-electron chi connectivity index (χ4n) is 1.24. The lowest BCUT2D eigenvalue weighted by Crippen LogP contribution is -2.17. The SMILES string of the molecule is CC(C)(C)c1csc(NS(=O)(=O)CCCCCl)n1. The molecule has 0 radical (unpaired) electrons. The second-order valence-corrected chi connectivity index (χ2v) is 8.18. The monoisotopic (exact) mass is 310 g/mol. The van der Waals surface area contributed by atoms with Gasteiger partial charge in [-0.05, 0) is 12.8 Å². The van der Waals surface area contributed by atoms with Gasteiger partial charge in [-0.3, -0.25) is 4.72 Å². The fourth-order valence-corrected chi connectivity index (χ4v) is 3.78. The summed E-state index contributed by atoms with van der Waals surface area (Å²) in [6, 6.07) is 0. The van der Waals surface area contributed by atoms with E-state index in [2.05, 4.69) is 9.71 Å². The van der Waals surface area contributed by atoms with E-state index in [1.54, 1.807) is 0 Å². The Hall–Kier alpha value is -0.330. The van der Waals surface area contributed by atoms with Crippen LogP contribution in [0.1, 0.15) is 39.3 Å². The molecule has 18 heavy (non-hydrogen) atoms. The average Bonchev–Trinajstić information content (AvgIpc) is 2.65. The summed E-state index contributed by atoms with van der Waals surface area (Å²) in [6.07, 6.45) is 1.27.